The van der Waals surface area contributed by atoms with E-state index in [-0.39, 0.29) is 11.5 Å². The molecule has 0 heterocycles. The van der Waals surface area contributed by atoms with Crippen molar-refractivity contribution in [2.24, 2.45) is 0 Å². The molecule has 0 saturated carbocycles. The van der Waals surface area contributed by atoms with Gasteiger partial charge in [0, 0.05) is 9.13 Å². The highest BCUT2D eigenvalue weighted by molar-refractivity contribution is 14.1. The number of rotatable bonds is 2. The van der Waals surface area contributed by atoms with Crippen LogP contribution in [-0.4, -0.2) is 10.2 Å². The number of benzene rings is 1. The van der Waals surface area contributed by atoms with Gasteiger partial charge in [0.1, 0.15) is 0 Å². The predicted molar refractivity (Wildman–Crippen MR) is 74.0 cm³/mol. The van der Waals surface area contributed by atoms with Gasteiger partial charge in [0.15, 0.2) is 11.5 Å². The first-order chi connectivity index (χ1) is 6.54. The third-order valence-electron chi connectivity index (χ3n) is 2.25. The molecule has 0 fully saturated rings. The lowest BCUT2D eigenvalue weighted by molar-refractivity contribution is 0.396. The Labute approximate surface area is 111 Å². The highest BCUT2D eigenvalue weighted by Crippen LogP contribution is 2.40. The van der Waals surface area contributed by atoms with Gasteiger partial charge in [0.05, 0.1) is 3.57 Å². The van der Waals surface area contributed by atoms with Crippen molar-refractivity contribution >= 4 is 45.2 Å². The zero-order valence-corrected chi connectivity index (χ0v) is 12.4. The van der Waals surface area contributed by atoms with Crippen molar-refractivity contribution in [2.45, 2.75) is 26.7 Å². The number of hydrogen-bond acceptors (Lipinski definition) is 2. The van der Waals surface area contributed by atoms with Crippen molar-refractivity contribution in [3.05, 3.63) is 18.3 Å². The average molecular weight is 418 g/mol. The fourth-order valence-electron chi connectivity index (χ4n) is 1.51. The van der Waals surface area contributed by atoms with E-state index in [1.807, 2.05) is 6.92 Å². The lowest BCUT2D eigenvalue weighted by atomic mass is 10.0. The summed E-state index contributed by atoms with van der Waals surface area (Å²) in [6.07, 6.45) is 1.63. The van der Waals surface area contributed by atoms with Crippen LogP contribution in [0.4, 0.5) is 0 Å². The first kappa shape index (κ1) is 12.4. The third-order valence-corrected chi connectivity index (χ3v) is 5.52. The van der Waals surface area contributed by atoms with Crippen molar-refractivity contribution < 1.29 is 10.2 Å². The van der Waals surface area contributed by atoms with Crippen LogP contribution in [0.3, 0.4) is 0 Å². The molecule has 0 unspecified atom stereocenters. The Morgan fingerprint density at radius 2 is 1.36 bits per heavy atom. The molecule has 0 aliphatic heterocycles. The molecule has 0 aliphatic carbocycles. The topological polar surface area (TPSA) is 40.5 Å². The van der Waals surface area contributed by atoms with Crippen molar-refractivity contribution in [3.8, 4) is 11.5 Å². The van der Waals surface area contributed by atoms with Crippen LogP contribution in [0, 0.1) is 7.14 Å². The SMILES string of the molecule is CCc1c(O)c(O)c(I)c(I)c1CC. The van der Waals surface area contributed by atoms with Crippen molar-refractivity contribution in [3.63, 3.8) is 0 Å². The van der Waals surface area contributed by atoms with Gasteiger partial charge in [-0.15, -0.1) is 0 Å². The Balaban J connectivity index is 3.57. The zero-order valence-electron chi connectivity index (χ0n) is 8.06. The van der Waals surface area contributed by atoms with Gasteiger partial charge in [0.25, 0.3) is 0 Å². The Morgan fingerprint density at radius 1 is 0.857 bits per heavy atom. The van der Waals surface area contributed by atoms with Crippen LogP contribution in [0.15, 0.2) is 0 Å². The Morgan fingerprint density at radius 3 is 1.79 bits per heavy atom. The Bertz CT molecular complexity index is 327. The van der Waals surface area contributed by atoms with Gasteiger partial charge in [-0.2, -0.15) is 0 Å². The number of hydrogen-bond donors (Lipinski definition) is 2. The van der Waals surface area contributed by atoms with E-state index in [0.717, 1.165) is 31.1 Å². The highest BCUT2D eigenvalue weighted by Gasteiger charge is 2.18. The summed E-state index contributed by atoms with van der Waals surface area (Å²) in [6, 6.07) is 0. The largest absolute Gasteiger partial charge is 0.504 e. The fourth-order valence-corrected chi connectivity index (χ4v) is 3.05. The number of halogens is 2. The molecule has 4 heteroatoms. The minimum atomic E-state index is 0.0176. The van der Waals surface area contributed by atoms with Gasteiger partial charge in [-0.3, -0.25) is 0 Å². The zero-order chi connectivity index (χ0) is 10.9. The molecule has 0 amide bonds. The van der Waals surface area contributed by atoms with Crippen LogP contribution in [-0.2, 0) is 12.8 Å². The standard InChI is InChI=1S/C10H12I2O2/c1-3-5-6(4-2)9(13)10(14)8(12)7(5)11/h13-14H,3-4H2,1-2H3. The third kappa shape index (κ3) is 1.95. The molecule has 0 radical (unpaired) electrons. The second-order valence-corrected chi connectivity index (χ2v) is 5.15. The first-order valence-electron chi connectivity index (χ1n) is 4.45. The second kappa shape index (κ2) is 4.87. The average Bonchev–Trinajstić information content (AvgIpc) is 2.20. The summed E-state index contributed by atoms with van der Waals surface area (Å²) in [5, 5.41) is 19.4. The van der Waals surface area contributed by atoms with E-state index >= 15 is 0 Å². The van der Waals surface area contributed by atoms with Crippen LogP contribution in [0.2, 0.25) is 0 Å². The van der Waals surface area contributed by atoms with Crippen LogP contribution in [0.5, 0.6) is 11.5 Å². The van der Waals surface area contributed by atoms with Crippen LogP contribution in [0.1, 0.15) is 25.0 Å². The molecule has 1 rings (SSSR count). The summed E-state index contributed by atoms with van der Waals surface area (Å²) >= 11 is 4.28. The molecule has 0 aromatic heterocycles. The molecule has 0 bridgehead atoms. The molecular weight excluding hydrogens is 406 g/mol. The quantitative estimate of drug-likeness (QED) is 0.571. The lowest BCUT2D eigenvalue weighted by Gasteiger charge is -2.14. The molecular formula is C10H12I2O2. The summed E-state index contributed by atoms with van der Waals surface area (Å²) in [5.41, 5.74) is 2.02. The van der Waals surface area contributed by atoms with Crippen LogP contribution < -0.4 is 0 Å². The maximum atomic E-state index is 9.76. The molecule has 14 heavy (non-hydrogen) atoms. The number of phenolic OH excluding ortho intramolecular Hbond substituents is 2. The summed E-state index contributed by atoms with van der Waals surface area (Å²) in [5.74, 6) is 0.0678. The molecule has 1 aromatic carbocycles. The smallest absolute Gasteiger partial charge is 0.172 e. The normalized spacial score (nSPS) is 10.6. The molecule has 2 N–H and O–H groups in total. The summed E-state index contributed by atoms with van der Waals surface area (Å²) < 4.78 is 1.80. The van der Waals surface area contributed by atoms with Crippen LogP contribution in [0.25, 0.3) is 0 Å². The summed E-state index contributed by atoms with van der Waals surface area (Å²) in [6.45, 7) is 4.04. The van der Waals surface area contributed by atoms with E-state index in [2.05, 4.69) is 52.1 Å². The molecule has 1 aromatic rings. The van der Waals surface area contributed by atoms with E-state index in [9.17, 15) is 10.2 Å². The maximum absolute atomic E-state index is 9.76. The van der Waals surface area contributed by atoms with Gasteiger partial charge in [-0.25, -0.2) is 0 Å². The van der Waals surface area contributed by atoms with E-state index in [0.29, 0.717) is 0 Å². The molecule has 78 valence electrons. The monoisotopic (exact) mass is 418 g/mol. The summed E-state index contributed by atoms with van der Waals surface area (Å²) in [4.78, 5) is 0. The molecule has 2 nitrogen and oxygen atoms in total. The lowest BCUT2D eigenvalue weighted by Crippen LogP contribution is -1.99. The number of aromatic hydroxyl groups is 2. The predicted octanol–water partition coefficient (Wildman–Crippen LogP) is 3.43. The first-order valence-corrected chi connectivity index (χ1v) is 6.60. The van der Waals surface area contributed by atoms with Crippen LogP contribution >= 0.6 is 45.2 Å². The van der Waals surface area contributed by atoms with Crippen molar-refractivity contribution in [2.75, 3.05) is 0 Å². The van der Waals surface area contributed by atoms with Crippen molar-refractivity contribution in [1.82, 2.24) is 0 Å². The molecule has 0 atom stereocenters. The molecule has 0 aliphatic rings. The van der Waals surface area contributed by atoms with E-state index in [1.54, 1.807) is 0 Å². The molecule has 0 saturated heterocycles. The van der Waals surface area contributed by atoms with E-state index in [4.69, 9.17) is 0 Å². The second-order valence-electron chi connectivity index (χ2n) is 2.99. The minimum Gasteiger partial charge on any atom is -0.504 e. The molecule has 0 spiro atoms. The van der Waals surface area contributed by atoms with Gasteiger partial charge in [0.2, 0.25) is 0 Å². The Kier molecular flexibility index (Phi) is 4.30. The van der Waals surface area contributed by atoms with E-state index in [1.165, 1.54) is 0 Å². The van der Waals surface area contributed by atoms with Gasteiger partial charge in [-0.05, 0) is 63.6 Å². The fraction of sp³-hybridized carbons (Fsp3) is 0.400. The van der Waals surface area contributed by atoms with E-state index < -0.39 is 0 Å². The van der Waals surface area contributed by atoms with Crippen molar-refractivity contribution in [1.29, 1.82) is 0 Å². The highest BCUT2D eigenvalue weighted by atomic mass is 127. The summed E-state index contributed by atoms with van der Waals surface area (Å²) in [7, 11) is 0. The number of phenols is 2. The van der Waals surface area contributed by atoms with Gasteiger partial charge < -0.3 is 10.2 Å². The van der Waals surface area contributed by atoms with Gasteiger partial charge >= 0.3 is 0 Å². The Hall–Kier alpha value is 0.280. The van der Waals surface area contributed by atoms with Gasteiger partial charge in [-0.1, -0.05) is 13.8 Å². The maximum Gasteiger partial charge on any atom is 0.172 e. The minimum absolute atomic E-state index is 0.0176.